The molecule has 0 radical (unpaired) electrons. The lowest BCUT2D eigenvalue weighted by Gasteiger charge is -2.17. The van der Waals surface area contributed by atoms with Gasteiger partial charge in [0, 0.05) is 0 Å². The predicted octanol–water partition coefficient (Wildman–Crippen LogP) is 12.5. The first-order valence-corrected chi connectivity index (χ1v) is 19.4. The van der Waals surface area contributed by atoms with Gasteiger partial charge in [0.25, 0.3) is 0 Å². The van der Waals surface area contributed by atoms with E-state index in [1.54, 1.807) is 0 Å². The minimum atomic E-state index is -1.42. The van der Waals surface area contributed by atoms with Gasteiger partial charge in [-0.3, -0.25) is 0 Å². The summed E-state index contributed by atoms with van der Waals surface area (Å²) in [5, 5.41) is 9.13. The number of allylic oxidation sites excluding steroid dienone is 4. The Morgan fingerprint density at radius 1 is 0.659 bits per heavy atom. The van der Waals surface area contributed by atoms with Crippen molar-refractivity contribution < 1.29 is 19.4 Å². The van der Waals surface area contributed by atoms with Gasteiger partial charge in [0.2, 0.25) is 4.33 Å². The molecule has 0 aromatic carbocycles. The third-order valence-corrected chi connectivity index (χ3v) is 9.35. The van der Waals surface area contributed by atoms with Crippen molar-refractivity contribution in [2.75, 3.05) is 6.61 Å². The van der Waals surface area contributed by atoms with Gasteiger partial charge in [0.1, 0.15) is 6.10 Å². The van der Waals surface area contributed by atoms with Crippen molar-refractivity contribution >= 4 is 29.2 Å². The fourth-order valence-electron chi connectivity index (χ4n) is 5.62. The van der Waals surface area contributed by atoms with Crippen molar-refractivity contribution in [3.63, 3.8) is 0 Å². The Labute approximate surface area is 282 Å². The number of unbranched alkanes of at least 4 members (excludes halogenated alkanes) is 22. The normalized spacial score (nSPS) is 16.8. The number of halogens is 2. The van der Waals surface area contributed by atoms with Gasteiger partial charge in [-0.1, -0.05) is 176 Å². The number of rotatable bonds is 33. The Kier molecular flexibility index (Phi) is 28.1. The minimum absolute atomic E-state index is 0.140. The van der Waals surface area contributed by atoms with E-state index in [2.05, 4.69) is 31.2 Å². The van der Waals surface area contributed by atoms with E-state index in [0.29, 0.717) is 13.0 Å². The van der Waals surface area contributed by atoms with Crippen LogP contribution in [0.1, 0.15) is 187 Å². The predicted molar refractivity (Wildman–Crippen MR) is 190 cm³/mol. The first kappa shape index (κ1) is 41.5. The summed E-state index contributed by atoms with van der Waals surface area (Å²) in [4.78, 5) is 12.3. The molecule has 1 aliphatic heterocycles. The topological polar surface area (TPSA) is 59.1 Å². The molecule has 0 aliphatic carbocycles. The molecule has 258 valence electrons. The second-order valence-electron chi connectivity index (χ2n) is 13.0. The van der Waals surface area contributed by atoms with Crippen molar-refractivity contribution in [1.29, 1.82) is 0 Å². The molecule has 0 spiro atoms. The van der Waals surface area contributed by atoms with E-state index in [1.165, 1.54) is 116 Å². The summed E-state index contributed by atoms with van der Waals surface area (Å²) in [6.45, 7) is 2.66. The first-order valence-electron chi connectivity index (χ1n) is 18.7. The van der Waals surface area contributed by atoms with Crippen molar-refractivity contribution in [1.82, 2.24) is 0 Å². The zero-order valence-electron chi connectivity index (χ0n) is 28.4. The first-order chi connectivity index (χ1) is 21.5. The number of hydrogen-bond acceptors (Lipinski definition) is 4. The fraction of sp³-hybridized carbons (Fsp3) is 0.868. The number of aliphatic hydroxyl groups is 1. The van der Waals surface area contributed by atoms with E-state index >= 15 is 0 Å². The summed E-state index contributed by atoms with van der Waals surface area (Å²) < 4.78 is 9.00. The monoisotopic (exact) mass is 658 g/mol. The van der Waals surface area contributed by atoms with Crippen LogP contribution >= 0.6 is 23.2 Å². The van der Waals surface area contributed by atoms with Crippen LogP contribution in [0.5, 0.6) is 0 Å². The molecule has 1 aliphatic rings. The molecule has 1 saturated heterocycles. The zero-order chi connectivity index (χ0) is 32.0. The van der Waals surface area contributed by atoms with Crippen LogP contribution < -0.4 is 0 Å². The molecule has 1 fully saturated rings. The average Bonchev–Trinajstić information content (AvgIpc) is 3.72. The van der Waals surface area contributed by atoms with Crippen molar-refractivity contribution in [3.05, 3.63) is 24.3 Å². The van der Waals surface area contributed by atoms with E-state index in [1.807, 2.05) is 0 Å². The van der Waals surface area contributed by atoms with E-state index < -0.39 is 16.6 Å². The molecule has 2 unspecified atom stereocenters. The van der Waals surface area contributed by atoms with Crippen molar-refractivity contribution in [3.8, 4) is 0 Å². The van der Waals surface area contributed by atoms with Crippen LogP contribution in [0.3, 0.4) is 0 Å². The fourth-order valence-corrected chi connectivity index (χ4v) is 6.00. The Morgan fingerprint density at radius 3 is 1.59 bits per heavy atom. The number of hydrogen-bond donors (Lipinski definition) is 1. The summed E-state index contributed by atoms with van der Waals surface area (Å²) in [5.41, 5.74) is 0. The summed E-state index contributed by atoms with van der Waals surface area (Å²) >= 11 is 12.6. The molecule has 0 aromatic rings. The van der Waals surface area contributed by atoms with Crippen LogP contribution in [-0.4, -0.2) is 34.4 Å². The van der Waals surface area contributed by atoms with Crippen LogP contribution in [0, 0.1) is 0 Å². The Hall–Kier alpha value is -0.550. The highest BCUT2D eigenvalue weighted by Crippen LogP contribution is 2.30. The van der Waals surface area contributed by atoms with E-state index in [0.717, 1.165) is 57.8 Å². The zero-order valence-corrected chi connectivity index (χ0v) is 29.9. The van der Waals surface area contributed by atoms with Crippen LogP contribution in [-0.2, 0) is 14.3 Å². The Bertz CT molecular complexity index is 709. The van der Waals surface area contributed by atoms with E-state index in [4.69, 9.17) is 37.8 Å². The van der Waals surface area contributed by atoms with Gasteiger partial charge in [0.15, 0.2) is 6.29 Å². The van der Waals surface area contributed by atoms with Crippen LogP contribution in [0.2, 0.25) is 0 Å². The molecule has 1 heterocycles. The number of esters is 1. The molecule has 1 N–H and O–H groups in total. The van der Waals surface area contributed by atoms with Gasteiger partial charge in [-0.05, 0) is 57.8 Å². The standard InChI is InChI=1S/C38H68Cl2O4/c1-2-3-4-5-6-7-8-9-15-18-21-24-27-30-33-38(39,40)37(42)43-34-31-28-25-22-19-16-13-11-10-12-14-17-20-23-26-29-32-35-36(41)44-35/h6-7,9,15,35-36,41H,2-5,8,10-14,16-34H2,1H3/b7-6-,15-9-. The average molecular weight is 660 g/mol. The van der Waals surface area contributed by atoms with Crippen molar-refractivity contribution in [2.24, 2.45) is 0 Å². The lowest BCUT2D eigenvalue weighted by Crippen LogP contribution is -2.28. The molecule has 6 heteroatoms. The Morgan fingerprint density at radius 2 is 1.09 bits per heavy atom. The highest BCUT2D eigenvalue weighted by atomic mass is 35.5. The Balaban J connectivity index is 1.79. The minimum Gasteiger partial charge on any atom is -0.463 e. The summed E-state index contributed by atoms with van der Waals surface area (Å²) in [6.07, 6.45) is 42.1. The molecule has 2 atom stereocenters. The maximum Gasteiger partial charge on any atom is 0.342 e. The van der Waals surface area contributed by atoms with Gasteiger partial charge >= 0.3 is 5.97 Å². The SMILES string of the molecule is CCCCC/C=C\C/C=C\CCCCCCC(Cl)(Cl)C(=O)OCCCCCCCCCCCCCCCCCCC1OC1O. The maximum atomic E-state index is 12.3. The largest absolute Gasteiger partial charge is 0.463 e. The lowest BCUT2D eigenvalue weighted by atomic mass is 10.0. The smallest absolute Gasteiger partial charge is 0.342 e. The number of ether oxygens (including phenoxy) is 2. The number of carbonyl (C=O) groups excluding carboxylic acids is 1. The maximum absolute atomic E-state index is 12.3. The third kappa shape index (κ3) is 26.6. The summed E-state index contributed by atoms with van der Waals surface area (Å²) in [7, 11) is 0. The lowest BCUT2D eigenvalue weighted by molar-refractivity contribution is -0.144. The van der Waals surface area contributed by atoms with E-state index in [9.17, 15) is 4.79 Å². The molecule has 1 rings (SSSR count). The van der Waals surface area contributed by atoms with Gasteiger partial charge in [-0.2, -0.15) is 0 Å². The summed E-state index contributed by atoms with van der Waals surface area (Å²) in [6, 6.07) is 0. The van der Waals surface area contributed by atoms with Gasteiger partial charge in [-0.25, -0.2) is 4.79 Å². The highest BCUT2D eigenvalue weighted by molar-refractivity contribution is 6.57. The second-order valence-corrected chi connectivity index (χ2v) is 14.5. The van der Waals surface area contributed by atoms with Gasteiger partial charge < -0.3 is 14.6 Å². The van der Waals surface area contributed by atoms with Gasteiger partial charge in [-0.15, -0.1) is 0 Å². The molecule has 0 aromatic heterocycles. The van der Waals surface area contributed by atoms with Crippen LogP contribution in [0.4, 0.5) is 0 Å². The van der Waals surface area contributed by atoms with Gasteiger partial charge in [0.05, 0.1) is 6.61 Å². The number of carbonyl (C=O) groups is 1. The summed E-state index contributed by atoms with van der Waals surface area (Å²) in [5.74, 6) is -0.479. The van der Waals surface area contributed by atoms with E-state index in [-0.39, 0.29) is 6.10 Å². The van der Waals surface area contributed by atoms with Crippen LogP contribution in [0.25, 0.3) is 0 Å². The van der Waals surface area contributed by atoms with Crippen LogP contribution in [0.15, 0.2) is 24.3 Å². The molecular formula is C38H68Cl2O4. The second kappa shape index (κ2) is 29.8. The number of epoxide rings is 1. The molecule has 0 saturated carbocycles. The quantitative estimate of drug-likeness (QED) is 0.0250. The number of alkyl halides is 2. The number of aliphatic hydroxyl groups excluding tert-OH is 1. The third-order valence-electron chi connectivity index (χ3n) is 8.66. The molecule has 44 heavy (non-hydrogen) atoms. The molecule has 0 bridgehead atoms. The molecule has 0 amide bonds. The van der Waals surface area contributed by atoms with Crippen molar-refractivity contribution in [2.45, 2.75) is 203 Å². The highest BCUT2D eigenvalue weighted by Gasteiger charge is 2.36. The molecule has 4 nitrogen and oxygen atoms in total. The molecular weight excluding hydrogens is 591 g/mol.